The first-order valence-electron chi connectivity index (χ1n) is 8.40. The van der Waals surface area contributed by atoms with Gasteiger partial charge >= 0.3 is 0 Å². The minimum absolute atomic E-state index is 0.0879. The van der Waals surface area contributed by atoms with Crippen LogP contribution in [0.25, 0.3) is 0 Å². The van der Waals surface area contributed by atoms with Crippen LogP contribution in [0.5, 0.6) is 0 Å². The molecule has 5 heteroatoms. The number of anilines is 1. The molecule has 1 unspecified atom stereocenters. The second-order valence-electron chi connectivity index (χ2n) is 7.12. The van der Waals surface area contributed by atoms with Gasteiger partial charge in [0.25, 0.3) is 5.91 Å². The van der Waals surface area contributed by atoms with Gasteiger partial charge in [-0.15, -0.1) is 0 Å². The highest BCUT2D eigenvalue weighted by Crippen LogP contribution is 2.46. The summed E-state index contributed by atoms with van der Waals surface area (Å²) in [5.74, 6) is -0.313. The highest BCUT2D eigenvalue weighted by atomic mass is 19.1. The number of nitrogens with zero attached hydrogens (tertiary/aromatic N) is 2. The molecule has 0 radical (unpaired) electrons. The van der Waals surface area contributed by atoms with Gasteiger partial charge in [0.2, 0.25) is 5.91 Å². The van der Waals surface area contributed by atoms with Crippen molar-refractivity contribution in [3.8, 4) is 0 Å². The van der Waals surface area contributed by atoms with Crippen molar-refractivity contribution >= 4 is 17.5 Å². The molecule has 2 heterocycles. The van der Waals surface area contributed by atoms with Gasteiger partial charge in [-0.05, 0) is 44.2 Å². The quantitative estimate of drug-likeness (QED) is 0.841. The zero-order chi connectivity index (χ0) is 16.1. The van der Waals surface area contributed by atoms with E-state index in [-0.39, 0.29) is 5.91 Å². The van der Waals surface area contributed by atoms with E-state index in [2.05, 4.69) is 0 Å². The summed E-state index contributed by atoms with van der Waals surface area (Å²) in [7, 11) is 0. The van der Waals surface area contributed by atoms with E-state index >= 15 is 0 Å². The van der Waals surface area contributed by atoms with Gasteiger partial charge in [-0.3, -0.25) is 9.59 Å². The minimum Gasteiger partial charge on any atom is -0.339 e. The van der Waals surface area contributed by atoms with Crippen LogP contribution in [0.1, 0.15) is 32.1 Å². The van der Waals surface area contributed by atoms with Gasteiger partial charge in [0.15, 0.2) is 5.67 Å². The number of carbonyl (C=O) groups is 2. The number of hydrogen-bond donors (Lipinski definition) is 0. The Morgan fingerprint density at radius 1 is 1.04 bits per heavy atom. The fraction of sp³-hybridized carbons (Fsp3) is 0.556. The van der Waals surface area contributed by atoms with E-state index in [4.69, 9.17) is 0 Å². The first kappa shape index (κ1) is 14.7. The molecule has 3 fully saturated rings. The van der Waals surface area contributed by atoms with Crippen molar-refractivity contribution in [2.45, 2.75) is 37.8 Å². The summed E-state index contributed by atoms with van der Waals surface area (Å²) in [6.07, 6.45) is 2.97. The maximum absolute atomic E-state index is 14.1. The number of rotatable bonds is 2. The van der Waals surface area contributed by atoms with Crippen LogP contribution in [0.3, 0.4) is 0 Å². The predicted octanol–water partition coefficient (Wildman–Crippen LogP) is 2.53. The molecule has 0 N–H and O–H groups in total. The fourth-order valence-corrected chi connectivity index (χ4v) is 3.97. The van der Waals surface area contributed by atoms with Gasteiger partial charge in [-0.25, -0.2) is 4.39 Å². The van der Waals surface area contributed by atoms with Crippen LogP contribution < -0.4 is 4.90 Å². The Labute approximate surface area is 135 Å². The van der Waals surface area contributed by atoms with Crippen LogP contribution in [0.15, 0.2) is 30.3 Å². The van der Waals surface area contributed by atoms with Gasteiger partial charge in [-0.1, -0.05) is 18.2 Å². The number of para-hydroxylation sites is 1. The number of carbonyl (C=O) groups excluding carboxylic acids is 2. The number of piperidine rings is 1. The summed E-state index contributed by atoms with van der Waals surface area (Å²) in [5, 5.41) is 0. The maximum Gasteiger partial charge on any atom is 0.260 e. The van der Waals surface area contributed by atoms with Crippen molar-refractivity contribution in [2.24, 2.45) is 5.41 Å². The minimum atomic E-state index is -1.64. The molecule has 1 aromatic rings. The molecule has 2 amide bonds. The lowest BCUT2D eigenvalue weighted by Crippen LogP contribution is -2.52. The Bertz CT molecular complexity index is 644. The molecule has 0 bridgehead atoms. The number of alkyl halides is 1. The van der Waals surface area contributed by atoms with Crippen molar-refractivity contribution in [1.29, 1.82) is 0 Å². The summed E-state index contributed by atoms with van der Waals surface area (Å²) in [4.78, 5) is 28.7. The molecule has 0 aromatic heterocycles. The monoisotopic (exact) mass is 316 g/mol. The lowest BCUT2D eigenvalue weighted by molar-refractivity contribution is -0.144. The van der Waals surface area contributed by atoms with Gasteiger partial charge < -0.3 is 9.80 Å². The normalized spacial score (nSPS) is 29.2. The molecule has 4 rings (SSSR count). The molecule has 1 atom stereocenters. The largest absolute Gasteiger partial charge is 0.339 e. The van der Waals surface area contributed by atoms with Crippen LogP contribution in [0.2, 0.25) is 0 Å². The Balaban J connectivity index is 1.54. The van der Waals surface area contributed by atoms with E-state index in [1.54, 1.807) is 4.90 Å². The molecular weight excluding hydrogens is 295 g/mol. The molecule has 1 saturated carbocycles. The molecule has 1 spiro atoms. The zero-order valence-electron chi connectivity index (χ0n) is 13.1. The summed E-state index contributed by atoms with van der Waals surface area (Å²) >= 11 is 0. The highest BCUT2D eigenvalue weighted by Gasteiger charge is 2.56. The molecule has 23 heavy (non-hydrogen) atoms. The van der Waals surface area contributed by atoms with Crippen LogP contribution in [0, 0.1) is 5.41 Å². The third-order valence-corrected chi connectivity index (χ3v) is 5.52. The average Bonchev–Trinajstić information content (AvgIpc) is 3.27. The van der Waals surface area contributed by atoms with Crippen molar-refractivity contribution in [3.05, 3.63) is 30.3 Å². The highest BCUT2D eigenvalue weighted by molar-refractivity contribution is 6.00. The van der Waals surface area contributed by atoms with Gasteiger partial charge in [0.1, 0.15) is 0 Å². The number of halogens is 1. The molecule has 122 valence electrons. The van der Waals surface area contributed by atoms with E-state index in [0.717, 1.165) is 24.9 Å². The molecule has 1 aliphatic carbocycles. The van der Waals surface area contributed by atoms with Gasteiger partial charge in [-0.2, -0.15) is 0 Å². The first-order chi connectivity index (χ1) is 11.0. The Kier molecular flexibility index (Phi) is 3.22. The van der Waals surface area contributed by atoms with Crippen LogP contribution in [-0.4, -0.2) is 42.0 Å². The zero-order valence-corrected chi connectivity index (χ0v) is 13.1. The van der Waals surface area contributed by atoms with Crippen LogP contribution >= 0.6 is 0 Å². The number of likely N-dealkylation sites (tertiary alicyclic amines) is 1. The summed E-state index contributed by atoms with van der Waals surface area (Å²) < 4.78 is 14.1. The van der Waals surface area contributed by atoms with Crippen molar-refractivity contribution in [1.82, 2.24) is 4.90 Å². The Hall–Kier alpha value is -1.91. The van der Waals surface area contributed by atoms with E-state index < -0.39 is 17.0 Å². The second kappa shape index (κ2) is 5.05. The molecule has 2 saturated heterocycles. The smallest absolute Gasteiger partial charge is 0.260 e. The van der Waals surface area contributed by atoms with E-state index in [9.17, 15) is 14.0 Å². The second-order valence-corrected chi connectivity index (χ2v) is 7.12. The van der Waals surface area contributed by atoms with Crippen LogP contribution in [-0.2, 0) is 9.59 Å². The number of benzene rings is 1. The fourth-order valence-electron chi connectivity index (χ4n) is 3.97. The van der Waals surface area contributed by atoms with Gasteiger partial charge in [0, 0.05) is 25.3 Å². The summed E-state index contributed by atoms with van der Waals surface area (Å²) in [6.45, 7) is 1.62. The Morgan fingerprint density at radius 2 is 1.78 bits per heavy atom. The van der Waals surface area contributed by atoms with Crippen molar-refractivity contribution in [3.63, 3.8) is 0 Å². The molecular formula is C18H21FN2O2. The SMILES string of the molecule is O=C(N1CCCC2(CCN(c3ccccc3)C2=O)C1)C1(F)CC1. The van der Waals surface area contributed by atoms with Crippen molar-refractivity contribution in [2.75, 3.05) is 24.5 Å². The third-order valence-electron chi connectivity index (χ3n) is 5.52. The van der Waals surface area contributed by atoms with Gasteiger partial charge in [0.05, 0.1) is 5.41 Å². The number of hydrogen-bond acceptors (Lipinski definition) is 2. The average molecular weight is 316 g/mol. The predicted molar refractivity (Wildman–Crippen MR) is 84.7 cm³/mol. The standard InChI is InChI=1S/C18H21FN2O2/c19-18(8-9-18)16(23)20-11-4-7-17(13-20)10-12-21(15(17)22)14-5-2-1-3-6-14/h1-3,5-6H,4,7-13H2. The molecule has 4 nitrogen and oxygen atoms in total. The maximum atomic E-state index is 14.1. The van der Waals surface area contributed by atoms with E-state index in [1.807, 2.05) is 35.2 Å². The third kappa shape index (κ3) is 2.33. The molecule has 1 aromatic carbocycles. The molecule has 2 aliphatic heterocycles. The lowest BCUT2D eigenvalue weighted by Gasteiger charge is -2.39. The Morgan fingerprint density at radius 3 is 2.48 bits per heavy atom. The summed E-state index contributed by atoms with van der Waals surface area (Å²) in [5.41, 5.74) is -1.25. The summed E-state index contributed by atoms with van der Waals surface area (Å²) in [6, 6.07) is 9.64. The topological polar surface area (TPSA) is 40.6 Å². The van der Waals surface area contributed by atoms with Crippen LogP contribution in [0.4, 0.5) is 10.1 Å². The number of amides is 2. The first-order valence-corrected chi connectivity index (χ1v) is 8.40. The lowest BCUT2D eigenvalue weighted by atomic mass is 9.78. The van der Waals surface area contributed by atoms with E-state index in [1.165, 1.54) is 0 Å². The van der Waals surface area contributed by atoms with Crippen molar-refractivity contribution < 1.29 is 14.0 Å². The van der Waals surface area contributed by atoms with E-state index in [0.29, 0.717) is 32.5 Å². The molecule has 3 aliphatic rings.